The molecule has 0 heterocycles. The zero-order valence-electron chi connectivity index (χ0n) is 6.26. The van der Waals surface area contributed by atoms with Crippen LogP contribution in [0.5, 0.6) is 0 Å². The molecule has 68 valence electrons. The van der Waals surface area contributed by atoms with Gasteiger partial charge in [-0.25, -0.2) is 0 Å². The third-order valence-electron chi connectivity index (χ3n) is 0.806. The van der Waals surface area contributed by atoms with Crippen LogP contribution in [0.2, 0.25) is 0 Å². The topological polar surface area (TPSA) is 35.5 Å². The van der Waals surface area contributed by atoms with Gasteiger partial charge in [-0.05, 0) is 0 Å². The second-order valence-electron chi connectivity index (χ2n) is 1.82. The summed E-state index contributed by atoms with van der Waals surface area (Å²) >= 11 is 4.32. The van der Waals surface area contributed by atoms with Crippen LogP contribution in [0.1, 0.15) is 0 Å². The highest BCUT2D eigenvalue weighted by molar-refractivity contribution is 14.1. The highest BCUT2D eigenvalue weighted by Gasteiger charge is 2.15. The van der Waals surface area contributed by atoms with Gasteiger partial charge in [-0.15, -0.1) is 0 Å². The van der Waals surface area contributed by atoms with Crippen molar-refractivity contribution in [1.82, 2.24) is 0 Å². The summed E-state index contributed by atoms with van der Waals surface area (Å²) in [5.41, 5.74) is 0. The zero-order chi connectivity index (χ0) is 8.74. The van der Waals surface area contributed by atoms with E-state index in [1.165, 1.54) is 6.66 Å². The van der Waals surface area contributed by atoms with Crippen LogP contribution in [0, 0.1) is 0 Å². The van der Waals surface area contributed by atoms with Gasteiger partial charge >= 0.3 is 7.60 Å². The molecule has 0 aromatic rings. The van der Waals surface area contributed by atoms with Crippen molar-refractivity contribution in [3.63, 3.8) is 0 Å². The Morgan fingerprint density at radius 1 is 1.18 bits per heavy atom. The van der Waals surface area contributed by atoms with Crippen LogP contribution in [0.25, 0.3) is 0 Å². The minimum Gasteiger partial charge on any atom is -0.308 e. The van der Waals surface area contributed by atoms with E-state index in [1.54, 1.807) is 0 Å². The van der Waals surface area contributed by atoms with Gasteiger partial charge in [0.25, 0.3) is 0 Å². The molecule has 0 saturated carbocycles. The largest absolute Gasteiger partial charge is 0.327 e. The van der Waals surface area contributed by atoms with Crippen LogP contribution in [-0.2, 0) is 13.6 Å². The Balaban J connectivity index is 3.53. The third-order valence-corrected chi connectivity index (χ3v) is 2.99. The molecule has 0 spiro atoms. The molecule has 0 aliphatic heterocycles. The summed E-state index contributed by atoms with van der Waals surface area (Å²) < 4.78 is 23.0. The lowest BCUT2D eigenvalue weighted by Gasteiger charge is -2.11. The first-order valence-electron chi connectivity index (χ1n) is 3.11. The van der Waals surface area contributed by atoms with E-state index in [4.69, 9.17) is 9.05 Å². The van der Waals surface area contributed by atoms with E-state index in [0.717, 1.165) is 8.86 Å². The van der Waals surface area contributed by atoms with E-state index in [9.17, 15) is 4.57 Å². The zero-order valence-corrected chi connectivity index (χ0v) is 11.5. The summed E-state index contributed by atoms with van der Waals surface area (Å²) in [6.45, 7) is 2.50. The molecule has 0 N–H and O–H groups in total. The van der Waals surface area contributed by atoms with Crippen molar-refractivity contribution < 1.29 is 13.6 Å². The number of rotatable bonds is 6. The lowest BCUT2D eigenvalue weighted by atomic mass is 10.9. The lowest BCUT2D eigenvalue weighted by molar-refractivity contribution is 0.230. The molecule has 0 aromatic heterocycles. The van der Waals surface area contributed by atoms with Crippen molar-refractivity contribution >= 4 is 52.8 Å². The number of hydrogen-bond acceptors (Lipinski definition) is 3. The predicted molar refractivity (Wildman–Crippen MR) is 63.2 cm³/mol. The van der Waals surface area contributed by atoms with Crippen molar-refractivity contribution in [2.45, 2.75) is 0 Å². The summed E-state index contributed by atoms with van der Waals surface area (Å²) in [5, 5.41) is 0. The molecule has 0 atom stereocenters. The second kappa shape index (κ2) is 7.06. The first-order valence-corrected chi connectivity index (χ1v) is 8.15. The maximum Gasteiger partial charge on any atom is 0.327 e. The molecule has 0 radical (unpaired) electrons. The molecular formula is C5H11I2O3P. The van der Waals surface area contributed by atoms with Crippen molar-refractivity contribution in [3.05, 3.63) is 0 Å². The fourth-order valence-electron chi connectivity index (χ4n) is 0.438. The molecule has 0 bridgehead atoms. The van der Waals surface area contributed by atoms with Crippen LogP contribution in [0.3, 0.4) is 0 Å². The molecule has 0 rings (SSSR count). The molecule has 0 saturated heterocycles. The number of hydrogen-bond donors (Lipinski definition) is 0. The van der Waals surface area contributed by atoms with Gasteiger partial charge in [-0.2, -0.15) is 0 Å². The fourth-order valence-corrected chi connectivity index (χ4v) is 2.50. The average molecular weight is 404 g/mol. The van der Waals surface area contributed by atoms with E-state index in [0.29, 0.717) is 13.2 Å². The van der Waals surface area contributed by atoms with E-state index < -0.39 is 7.60 Å². The molecule has 0 aliphatic carbocycles. The van der Waals surface area contributed by atoms with Crippen molar-refractivity contribution in [2.24, 2.45) is 0 Å². The Morgan fingerprint density at radius 3 is 1.82 bits per heavy atom. The van der Waals surface area contributed by atoms with Gasteiger partial charge in [0.1, 0.15) is 0 Å². The van der Waals surface area contributed by atoms with Gasteiger partial charge in [-0.3, -0.25) is 4.57 Å². The Labute approximate surface area is 94.4 Å². The lowest BCUT2D eigenvalue weighted by Crippen LogP contribution is -1.98. The van der Waals surface area contributed by atoms with Crippen LogP contribution in [-0.4, -0.2) is 28.7 Å². The monoisotopic (exact) mass is 404 g/mol. The number of halogens is 2. The quantitative estimate of drug-likeness (QED) is 0.388. The van der Waals surface area contributed by atoms with Crippen LogP contribution >= 0.6 is 52.8 Å². The van der Waals surface area contributed by atoms with E-state index >= 15 is 0 Å². The first-order chi connectivity index (χ1) is 5.12. The Hall–Kier alpha value is 1.61. The maximum absolute atomic E-state index is 11.3. The van der Waals surface area contributed by atoms with E-state index in [1.807, 2.05) is 0 Å². The summed E-state index contributed by atoms with van der Waals surface area (Å²) in [5.74, 6) is 0. The normalized spacial score (nSPS) is 11.9. The molecule has 3 nitrogen and oxygen atoms in total. The summed E-state index contributed by atoms with van der Waals surface area (Å²) in [4.78, 5) is 0. The summed E-state index contributed by atoms with van der Waals surface area (Å²) in [6.07, 6.45) is 0. The first kappa shape index (κ1) is 12.6. The molecule has 0 fully saturated rings. The average Bonchev–Trinajstić information content (AvgIpc) is 1.97. The van der Waals surface area contributed by atoms with Gasteiger partial charge in [0.15, 0.2) is 0 Å². The standard InChI is InChI=1S/C5H11I2O3P/c1-11(8,9-4-2-6)10-5-3-7/h2-5H2,1H3. The van der Waals surface area contributed by atoms with Crippen LogP contribution in [0.4, 0.5) is 0 Å². The molecular weight excluding hydrogens is 393 g/mol. The third kappa shape index (κ3) is 7.95. The Morgan fingerprint density at radius 2 is 1.55 bits per heavy atom. The van der Waals surface area contributed by atoms with Crippen LogP contribution in [0.15, 0.2) is 0 Å². The van der Waals surface area contributed by atoms with E-state index in [2.05, 4.69) is 45.2 Å². The second-order valence-corrected chi connectivity index (χ2v) is 6.03. The summed E-state index contributed by atoms with van der Waals surface area (Å²) in [7, 11) is -2.74. The van der Waals surface area contributed by atoms with Gasteiger partial charge in [0.2, 0.25) is 0 Å². The highest BCUT2D eigenvalue weighted by atomic mass is 127. The summed E-state index contributed by atoms with van der Waals surface area (Å²) in [6, 6.07) is 0. The van der Waals surface area contributed by atoms with Gasteiger partial charge in [0.05, 0.1) is 13.2 Å². The van der Waals surface area contributed by atoms with Crippen molar-refractivity contribution in [1.29, 1.82) is 0 Å². The Kier molecular flexibility index (Phi) is 8.09. The van der Waals surface area contributed by atoms with Crippen LogP contribution < -0.4 is 0 Å². The molecule has 11 heavy (non-hydrogen) atoms. The smallest absolute Gasteiger partial charge is 0.308 e. The minimum absolute atomic E-state index is 0.496. The van der Waals surface area contributed by atoms with E-state index in [-0.39, 0.29) is 0 Å². The van der Waals surface area contributed by atoms with Crippen molar-refractivity contribution in [2.75, 3.05) is 28.7 Å². The Bertz CT molecular complexity index is 130. The minimum atomic E-state index is -2.74. The highest BCUT2D eigenvalue weighted by Crippen LogP contribution is 2.43. The predicted octanol–water partition coefficient (Wildman–Crippen LogP) is 2.71. The van der Waals surface area contributed by atoms with Gasteiger partial charge in [0, 0.05) is 15.5 Å². The molecule has 0 aliphatic rings. The maximum atomic E-state index is 11.3. The number of alkyl halides is 2. The molecule has 0 amide bonds. The van der Waals surface area contributed by atoms with Crippen molar-refractivity contribution in [3.8, 4) is 0 Å². The molecule has 6 heteroatoms. The SMILES string of the molecule is CP(=O)(OCCI)OCCI. The fraction of sp³-hybridized carbons (Fsp3) is 1.00. The van der Waals surface area contributed by atoms with Gasteiger partial charge < -0.3 is 9.05 Å². The molecule has 0 aromatic carbocycles. The van der Waals surface area contributed by atoms with Gasteiger partial charge in [-0.1, -0.05) is 45.2 Å². The molecule has 0 unspecified atom stereocenters.